The smallest absolute Gasteiger partial charge is 0.228 e. The lowest BCUT2D eigenvalue weighted by Crippen LogP contribution is -2.72. The van der Waals surface area contributed by atoms with Gasteiger partial charge < -0.3 is 15.5 Å². The highest BCUT2D eigenvalue weighted by Gasteiger charge is 2.62. The van der Waals surface area contributed by atoms with E-state index in [-0.39, 0.29) is 22.2 Å². The van der Waals surface area contributed by atoms with Crippen molar-refractivity contribution < 1.29 is 18.8 Å². The Balaban J connectivity index is 2.63. The van der Waals surface area contributed by atoms with E-state index in [0.29, 0.717) is 24.2 Å². The molecule has 0 radical (unpaired) electrons. The summed E-state index contributed by atoms with van der Waals surface area (Å²) in [6.45, 7) is 16.8. The minimum absolute atomic E-state index is 0.0237. The Bertz CT molecular complexity index is 902. The number of nitrogens with two attached hydrogens (primary N) is 1. The summed E-state index contributed by atoms with van der Waals surface area (Å²) in [5, 5.41) is 2.94. The van der Waals surface area contributed by atoms with E-state index in [2.05, 4.69) is 39.2 Å². The maximum atomic E-state index is 14.1. The molecule has 0 bridgehead atoms. The Morgan fingerprint density at radius 2 is 1.74 bits per heavy atom. The van der Waals surface area contributed by atoms with Crippen molar-refractivity contribution in [2.24, 2.45) is 17.1 Å². The van der Waals surface area contributed by atoms with E-state index in [1.807, 2.05) is 51.1 Å². The van der Waals surface area contributed by atoms with Crippen LogP contribution in [-0.2, 0) is 18.8 Å². The summed E-state index contributed by atoms with van der Waals surface area (Å²) in [5.74, 6) is -1.42. The number of β-lactam (4-membered cyclic amide) rings is 1. The predicted molar refractivity (Wildman–Crippen MR) is 147 cm³/mol. The molecule has 0 spiro atoms. The average Bonchev–Trinajstić information content (AvgIpc) is 2.74. The zero-order chi connectivity index (χ0) is 26.6. The van der Waals surface area contributed by atoms with Crippen molar-refractivity contribution >= 4 is 37.0 Å². The molecule has 2 rings (SSSR count). The lowest BCUT2D eigenvalue weighted by Gasteiger charge is -2.54. The number of amides is 2. The third kappa shape index (κ3) is 6.02. The van der Waals surface area contributed by atoms with Gasteiger partial charge >= 0.3 is 0 Å². The molecule has 1 aliphatic heterocycles. The third-order valence-corrected chi connectivity index (χ3v) is 13.5. The van der Waals surface area contributed by atoms with Crippen LogP contribution in [0.3, 0.4) is 0 Å². The number of hydrogen-bond donors (Lipinski definition) is 2. The summed E-state index contributed by atoms with van der Waals surface area (Å²) in [6, 6.07) is 8.74. The maximum absolute atomic E-state index is 14.1. The second-order valence-electron chi connectivity index (χ2n) is 11.3. The Morgan fingerprint density at radius 1 is 1.14 bits per heavy atom. The van der Waals surface area contributed by atoms with Gasteiger partial charge in [-0.25, -0.2) is 0 Å². The first-order valence-electron chi connectivity index (χ1n) is 12.7. The molecule has 1 fully saturated rings. The summed E-state index contributed by atoms with van der Waals surface area (Å²) >= 11 is 1.24. The van der Waals surface area contributed by atoms with Crippen LogP contribution < -0.4 is 11.1 Å². The topological polar surface area (TPSA) is 98.5 Å². The molecule has 1 unspecified atom stereocenters. The second kappa shape index (κ2) is 11.6. The number of thioether (sulfide) groups is 1. The van der Waals surface area contributed by atoms with Gasteiger partial charge in [0.1, 0.15) is 0 Å². The summed E-state index contributed by atoms with van der Waals surface area (Å²) in [5.41, 5.74) is 5.59. The van der Waals surface area contributed by atoms with E-state index in [9.17, 15) is 14.4 Å². The van der Waals surface area contributed by atoms with Crippen molar-refractivity contribution in [3.63, 3.8) is 0 Å². The lowest BCUT2D eigenvalue weighted by atomic mass is 9.58. The number of rotatable bonds is 12. The maximum Gasteiger partial charge on any atom is 0.228 e. The SMILES string of the molecule is CCCSC(=O)[C@@](CCC)(C(C(N)=O)c1ccccc1)[C@H]1NC(=O)[C@@H]1[C@@H](C)O[Si](C)(C)C(C)(C)C. The first kappa shape index (κ1) is 29.6. The number of primary amides is 1. The second-order valence-corrected chi connectivity index (χ2v) is 17.1. The standard InChI is InChI=1S/C27H44N2O4SSi/c1-9-16-27(25(32)34-17-10-2,21(23(28)30)19-14-12-11-13-15-19)22-20(24(31)29-22)18(3)33-35(7,8)26(4,5)6/h11-15,18,20-22H,9-10,16-17H2,1-8H3,(H2,28,30)(H,29,31)/t18-,20-,21?,22+,27+/m1/s1. The highest BCUT2D eigenvalue weighted by Crippen LogP contribution is 2.52. The third-order valence-electron chi connectivity index (χ3n) is 7.72. The van der Waals surface area contributed by atoms with Crippen LogP contribution in [0.2, 0.25) is 18.1 Å². The summed E-state index contributed by atoms with van der Waals surface area (Å²) < 4.78 is 6.63. The van der Waals surface area contributed by atoms with E-state index in [1.165, 1.54) is 11.8 Å². The zero-order valence-electron chi connectivity index (χ0n) is 22.6. The van der Waals surface area contributed by atoms with Crippen molar-refractivity contribution in [2.45, 2.75) is 97.0 Å². The van der Waals surface area contributed by atoms with Gasteiger partial charge in [0, 0.05) is 5.75 Å². The van der Waals surface area contributed by atoms with E-state index in [0.717, 1.165) is 6.42 Å². The van der Waals surface area contributed by atoms with Crippen LogP contribution in [0, 0.1) is 11.3 Å². The molecule has 2 amide bonds. The van der Waals surface area contributed by atoms with E-state index in [1.54, 1.807) is 0 Å². The van der Waals surface area contributed by atoms with Crippen LogP contribution in [0.25, 0.3) is 0 Å². The summed E-state index contributed by atoms with van der Waals surface area (Å²) in [7, 11) is -2.17. The molecular weight excluding hydrogens is 476 g/mol. The number of carbonyl (C=O) groups is 3. The van der Waals surface area contributed by atoms with E-state index in [4.69, 9.17) is 10.2 Å². The fourth-order valence-electron chi connectivity index (χ4n) is 4.97. The normalized spacial score (nSPS) is 21.9. The molecule has 1 aliphatic rings. The molecule has 3 N–H and O–H groups in total. The van der Waals surface area contributed by atoms with Crippen molar-refractivity contribution in [3.8, 4) is 0 Å². The molecule has 0 saturated carbocycles. The Labute approximate surface area is 216 Å². The molecule has 5 atom stereocenters. The van der Waals surface area contributed by atoms with Crippen molar-refractivity contribution in [2.75, 3.05) is 5.75 Å². The van der Waals surface area contributed by atoms with Gasteiger partial charge in [-0.1, -0.05) is 83.1 Å². The van der Waals surface area contributed by atoms with Gasteiger partial charge in [0.15, 0.2) is 13.4 Å². The minimum Gasteiger partial charge on any atom is -0.413 e. The summed E-state index contributed by atoms with van der Waals surface area (Å²) in [4.78, 5) is 40.2. The molecule has 1 aromatic carbocycles. The molecule has 35 heavy (non-hydrogen) atoms. The van der Waals surface area contributed by atoms with Gasteiger partial charge in [-0.2, -0.15) is 0 Å². The molecule has 0 aromatic heterocycles. The highest BCUT2D eigenvalue weighted by atomic mass is 32.2. The highest BCUT2D eigenvalue weighted by molar-refractivity contribution is 8.13. The predicted octanol–water partition coefficient (Wildman–Crippen LogP) is 5.24. The van der Waals surface area contributed by atoms with Crippen molar-refractivity contribution in [3.05, 3.63) is 35.9 Å². The molecular formula is C27H44N2O4SSi. The van der Waals surface area contributed by atoms with Crippen molar-refractivity contribution in [1.29, 1.82) is 0 Å². The average molecular weight is 521 g/mol. The van der Waals surface area contributed by atoms with Gasteiger partial charge in [-0.3, -0.25) is 14.4 Å². The Hall–Kier alpha value is -1.64. The van der Waals surface area contributed by atoms with Gasteiger partial charge in [-0.15, -0.1) is 0 Å². The minimum atomic E-state index is -2.17. The quantitative estimate of drug-likeness (QED) is 0.290. The van der Waals surface area contributed by atoms with Crippen LogP contribution in [0.1, 0.15) is 72.3 Å². The Kier molecular flexibility index (Phi) is 9.81. The van der Waals surface area contributed by atoms with E-state index >= 15 is 0 Å². The molecule has 0 aliphatic carbocycles. The fraction of sp³-hybridized carbons (Fsp3) is 0.667. The number of benzene rings is 1. The monoisotopic (exact) mass is 520 g/mol. The van der Waals surface area contributed by atoms with Crippen LogP contribution in [0.15, 0.2) is 30.3 Å². The van der Waals surface area contributed by atoms with Crippen LogP contribution in [0.5, 0.6) is 0 Å². The van der Waals surface area contributed by atoms with Gasteiger partial charge in [0.25, 0.3) is 0 Å². The first-order valence-corrected chi connectivity index (χ1v) is 16.6. The van der Waals surface area contributed by atoms with Crippen LogP contribution in [-0.4, -0.2) is 43.1 Å². The molecule has 1 saturated heterocycles. The Morgan fingerprint density at radius 3 is 2.20 bits per heavy atom. The van der Waals surface area contributed by atoms with Gasteiger partial charge in [-0.05, 0) is 43.5 Å². The van der Waals surface area contributed by atoms with Gasteiger partial charge in [0.05, 0.1) is 29.4 Å². The molecule has 196 valence electrons. The number of carbonyl (C=O) groups excluding carboxylic acids is 3. The zero-order valence-corrected chi connectivity index (χ0v) is 24.5. The molecule has 1 aromatic rings. The first-order chi connectivity index (χ1) is 16.2. The van der Waals surface area contributed by atoms with Crippen LogP contribution in [0.4, 0.5) is 0 Å². The van der Waals surface area contributed by atoms with E-state index < -0.39 is 37.5 Å². The number of nitrogens with one attached hydrogen (secondary N) is 1. The molecule has 8 heteroatoms. The van der Waals surface area contributed by atoms with Crippen molar-refractivity contribution in [1.82, 2.24) is 5.32 Å². The van der Waals surface area contributed by atoms with Gasteiger partial charge in [0.2, 0.25) is 11.8 Å². The largest absolute Gasteiger partial charge is 0.413 e. The fourth-order valence-corrected chi connectivity index (χ4v) is 7.41. The number of hydrogen-bond acceptors (Lipinski definition) is 5. The summed E-state index contributed by atoms with van der Waals surface area (Å²) in [6.07, 6.45) is 1.56. The lowest BCUT2D eigenvalue weighted by molar-refractivity contribution is -0.153. The molecule has 6 nitrogen and oxygen atoms in total. The van der Waals surface area contributed by atoms with Crippen LogP contribution >= 0.6 is 11.8 Å². The molecule has 1 heterocycles.